The number of thiazole rings is 1. The molecule has 0 saturated heterocycles. The first kappa shape index (κ1) is 12.8. The highest BCUT2D eigenvalue weighted by Crippen LogP contribution is 2.30. The predicted octanol–water partition coefficient (Wildman–Crippen LogP) is 2.49. The summed E-state index contributed by atoms with van der Waals surface area (Å²) in [6.45, 7) is 1.89. The predicted molar refractivity (Wildman–Crippen MR) is 74.6 cm³/mol. The fourth-order valence-electron chi connectivity index (χ4n) is 1.36. The number of thioether (sulfide) groups is 1. The molecule has 0 aliphatic rings. The Morgan fingerprint density at radius 2 is 2.24 bits per heavy atom. The third-order valence-electron chi connectivity index (χ3n) is 2.53. The SMILES string of the molecule is CC(N)(CO)CCSc1nc2ccccc2s1. The normalized spacial score (nSPS) is 15.0. The average molecular weight is 268 g/mol. The summed E-state index contributed by atoms with van der Waals surface area (Å²) in [4.78, 5) is 4.54. The van der Waals surface area contributed by atoms with Crippen molar-refractivity contribution in [3.8, 4) is 0 Å². The minimum absolute atomic E-state index is 0.0212. The number of nitrogens with two attached hydrogens (primary N) is 1. The van der Waals surface area contributed by atoms with E-state index in [-0.39, 0.29) is 6.61 Å². The van der Waals surface area contributed by atoms with Crippen molar-refractivity contribution in [1.29, 1.82) is 0 Å². The van der Waals surface area contributed by atoms with Crippen molar-refractivity contribution in [2.45, 2.75) is 23.2 Å². The highest BCUT2D eigenvalue weighted by Gasteiger charge is 2.16. The molecule has 1 unspecified atom stereocenters. The molecule has 1 heterocycles. The van der Waals surface area contributed by atoms with Crippen LogP contribution < -0.4 is 5.73 Å². The van der Waals surface area contributed by atoms with Gasteiger partial charge in [-0.15, -0.1) is 11.3 Å². The Hall–Kier alpha value is -0.620. The molecule has 1 aromatic carbocycles. The van der Waals surface area contributed by atoms with Crippen molar-refractivity contribution in [3.05, 3.63) is 24.3 Å². The van der Waals surface area contributed by atoms with Crippen molar-refractivity contribution in [2.75, 3.05) is 12.4 Å². The van der Waals surface area contributed by atoms with Gasteiger partial charge >= 0.3 is 0 Å². The second-order valence-corrected chi connectivity index (χ2v) is 6.73. The van der Waals surface area contributed by atoms with E-state index < -0.39 is 5.54 Å². The van der Waals surface area contributed by atoms with E-state index in [0.29, 0.717) is 0 Å². The number of hydrogen-bond acceptors (Lipinski definition) is 5. The summed E-state index contributed by atoms with van der Waals surface area (Å²) in [6, 6.07) is 8.13. The molecule has 0 fully saturated rings. The minimum atomic E-state index is -0.482. The second-order valence-electron chi connectivity index (χ2n) is 4.36. The van der Waals surface area contributed by atoms with Crippen LogP contribution in [0.4, 0.5) is 0 Å². The molecule has 3 N–H and O–H groups in total. The molecule has 92 valence electrons. The van der Waals surface area contributed by atoms with Crippen molar-refractivity contribution < 1.29 is 5.11 Å². The summed E-state index contributed by atoms with van der Waals surface area (Å²) in [5.74, 6) is 0.882. The number of aliphatic hydroxyl groups excluding tert-OH is 1. The van der Waals surface area contributed by atoms with Crippen LogP contribution in [-0.4, -0.2) is 28.0 Å². The molecule has 2 aromatic rings. The molecule has 3 nitrogen and oxygen atoms in total. The summed E-state index contributed by atoms with van der Waals surface area (Å²) in [5.41, 5.74) is 6.45. The van der Waals surface area contributed by atoms with Gasteiger partial charge in [0.1, 0.15) is 0 Å². The maximum Gasteiger partial charge on any atom is 0.151 e. The van der Waals surface area contributed by atoms with E-state index in [1.54, 1.807) is 23.1 Å². The van der Waals surface area contributed by atoms with Crippen LogP contribution in [0, 0.1) is 0 Å². The quantitative estimate of drug-likeness (QED) is 0.818. The van der Waals surface area contributed by atoms with E-state index >= 15 is 0 Å². The molecular weight excluding hydrogens is 252 g/mol. The zero-order chi connectivity index (χ0) is 12.3. The third-order valence-corrected chi connectivity index (χ3v) is 4.72. The molecule has 0 amide bonds. The molecule has 0 aliphatic carbocycles. The van der Waals surface area contributed by atoms with Crippen LogP contribution in [0.5, 0.6) is 0 Å². The van der Waals surface area contributed by atoms with Gasteiger partial charge in [-0.2, -0.15) is 0 Å². The van der Waals surface area contributed by atoms with Crippen LogP contribution in [0.3, 0.4) is 0 Å². The highest BCUT2D eigenvalue weighted by atomic mass is 32.2. The van der Waals surface area contributed by atoms with Crippen LogP contribution >= 0.6 is 23.1 Å². The summed E-state index contributed by atoms with van der Waals surface area (Å²) in [6.07, 6.45) is 0.782. The molecule has 0 bridgehead atoms. The summed E-state index contributed by atoms with van der Waals surface area (Å²) in [5, 5.41) is 9.06. The standard InChI is InChI=1S/C12H16N2OS2/c1-12(13,8-15)6-7-16-11-14-9-4-2-3-5-10(9)17-11/h2-5,15H,6-8,13H2,1H3. The van der Waals surface area contributed by atoms with Crippen LogP contribution in [0.25, 0.3) is 10.2 Å². The molecule has 0 saturated carbocycles. The molecule has 0 aliphatic heterocycles. The molecule has 17 heavy (non-hydrogen) atoms. The lowest BCUT2D eigenvalue weighted by Crippen LogP contribution is -2.40. The van der Waals surface area contributed by atoms with Gasteiger partial charge in [0.05, 0.1) is 16.8 Å². The number of hydrogen-bond donors (Lipinski definition) is 2. The number of nitrogens with zero attached hydrogens (tertiary/aromatic N) is 1. The fourth-order valence-corrected chi connectivity index (χ4v) is 3.72. The monoisotopic (exact) mass is 268 g/mol. The summed E-state index contributed by atoms with van der Waals surface area (Å²) >= 11 is 3.41. The maximum atomic E-state index is 9.06. The largest absolute Gasteiger partial charge is 0.394 e. The van der Waals surface area contributed by atoms with Gasteiger partial charge in [-0.25, -0.2) is 4.98 Å². The van der Waals surface area contributed by atoms with Gasteiger partial charge in [0, 0.05) is 11.3 Å². The first-order valence-electron chi connectivity index (χ1n) is 5.49. The van der Waals surface area contributed by atoms with Gasteiger partial charge in [0.2, 0.25) is 0 Å². The van der Waals surface area contributed by atoms with Crippen LogP contribution in [0.2, 0.25) is 0 Å². The first-order valence-corrected chi connectivity index (χ1v) is 7.29. The van der Waals surface area contributed by atoms with E-state index in [4.69, 9.17) is 10.8 Å². The lowest BCUT2D eigenvalue weighted by molar-refractivity contribution is 0.206. The molecular formula is C12H16N2OS2. The van der Waals surface area contributed by atoms with Gasteiger partial charge in [-0.3, -0.25) is 0 Å². The third kappa shape index (κ3) is 3.42. The maximum absolute atomic E-state index is 9.06. The number of fused-ring (bicyclic) bond motifs is 1. The second kappa shape index (κ2) is 5.35. The Labute approximate surface area is 109 Å². The van der Waals surface area contributed by atoms with Crippen molar-refractivity contribution >= 4 is 33.3 Å². The topological polar surface area (TPSA) is 59.1 Å². The van der Waals surface area contributed by atoms with Crippen LogP contribution in [0.15, 0.2) is 28.6 Å². The molecule has 0 spiro atoms. The van der Waals surface area contributed by atoms with Gasteiger partial charge in [0.25, 0.3) is 0 Å². The van der Waals surface area contributed by atoms with Gasteiger partial charge < -0.3 is 10.8 Å². The Kier molecular flexibility index (Phi) is 4.04. The van der Waals surface area contributed by atoms with Gasteiger partial charge in [-0.05, 0) is 25.5 Å². The lowest BCUT2D eigenvalue weighted by atomic mass is 10.0. The number of aromatic nitrogens is 1. The first-order chi connectivity index (χ1) is 8.11. The minimum Gasteiger partial charge on any atom is -0.394 e. The number of aliphatic hydroxyl groups is 1. The molecule has 1 aromatic heterocycles. The zero-order valence-electron chi connectivity index (χ0n) is 9.72. The van der Waals surface area contributed by atoms with Crippen molar-refractivity contribution in [2.24, 2.45) is 5.73 Å². The summed E-state index contributed by atoms with van der Waals surface area (Å²) in [7, 11) is 0. The number of para-hydroxylation sites is 1. The van der Waals surface area contributed by atoms with E-state index in [2.05, 4.69) is 11.1 Å². The fraction of sp³-hybridized carbons (Fsp3) is 0.417. The highest BCUT2D eigenvalue weighted by molar-refractivity contribution is 8.01. The molecule has 5 heteroatoms. The Morgan fingerprint density at radius 1 is 1.47 bits per heavy atom. The Morgan fingerprint density at radius 3 is 2.94 bits per heavy atom. The van der Waals surface area contributed by atoms with Gasteiger partial charge in [-0.1, -0.05) is 23.9 Å². The van der Waals surface area contributed by atoms with E-state index in [9.17, 15) is 0 Å². The van der Waals surface area contributed by atoms with Crippen molar-refractivity contribution in [1.82, 2.24) is 4.98 Å². The number of rotatable bonds is 5. The molecule has 0 radical (unpaired) electrons. The summed E-state index contributed by atoms with van der Waals surface area (Å²) < 4.78 is 2.28. The molecule has 1 atom stereocenters. The average Bonchev–Trinajstić information content (AvgIpc) is 2.71. The smallest absolute Gasteiger partial charge is 0.151 e. The van der Waals surface area contributed by atoms with E-state index in [1.807, 2.05) is 25.1 Å². The van der Waals surface area contributed by atoms with Crippen LogP contribution in [-0.2, 0) is 0 Å². The van der Waals surface area contributed by atoms with Crippen molar-refractivity contribution in [3.63, 3.8) is 0 Å². The van der Waals surface area contributed by atoms with Gasteiger partial charge in [0.15, 0.2) is 4.34 Å². The van der Waals surface area contributed by atoms with E-state index in [0.717, 1.165) is 22.0 Å². The number of benzene rings is 1. The molecule has 2 rings (SSSR count). The zero-order valence-corrected chi connectivity index (χ0v) is 11.4. The lowest BCUT2D eigenvalue weighted by Gasteiger charge is -2.20. The Balaban J connectivity index is 1.95. The van der Waals surface area contributed by atoms with E-state index in [1.165, 1.54) is 4.70 Å². The van der Waals surface area contributed by atoms with Crippen LogP contribution in [0.1, 0.15) is 13.3 Å². The Bertz CT molecular complexity index is 463.